The number of carbonyl (C=O) groups is 1. The van der Waals surface area contributed by atoms with Gasteiger partial charge in [-0.1, -0.05) is 6.92 Å². The Morgan fingerprint density at radius 3 is 3.00 bits per heavy atom. The van der Waals surface area contributed by atoms with Crippen LogP contribution in [-0.4, -0.2) is 48.7 Å². The highest BCUT2D eigenvalue weighted by molar-refractivity contribution is 5.78. The summed E-state index contributed by atoms with van der Waals surface area (Å²) in [4.78, 5) is 13.4. The van der Waals surface area contributed by atoms with Crippen molar-refractivity contribution in [1.29, 1.82) is 0 Å². The van der Waals surface area contributed by atoms with Gasteiger partial charge in [0.1, 0.15) is 0 Å². The Bertz CT molecular complexity index is 173. The zero-order valence-corrected chi connectivity index (χ0v) is 8.12. The van der Waals surface area contributed by atoms with Gasteiger partial charge in [-0.05, 0) is 18.9 Å². The Morgan fingerprint density at radius 2 is 2.46 bits per heavy atom. The Kier molecular flexibility index (Phi) is 4.18. The number of rotatable bonds is 4. The van der Waals surface area contributed by atoms with Crippen LogP contribution in [0.25, 0.3) is 0 Å². The fourth-order valence-corrected chi connectivity index (χ4v) is 1.62. The van der Waals surface area contributed by atoms with Crippen molar-refractivity contribution in [2.45, 2.75) is 13.3 Å². The molecule has 1 fully saturated rings. The zero-order chi connectivity index (χ0) is 9.68. The topological polar surface area (TPSA) is 52.6 Å². The first kappa shape index (κ1) is 10.5. The van der Waals surface area contributed by atoms with E-state index in [1.54, 1.807) is 0 Å². The average Bonchev–Trinajstić information content (AvgIpc) is 2.48. The highest BCUT2D eigenvalue weighted by atomic mass is 16.3. The van der Waals surface area contributed by atoms with Crippen LogP contribution in [0.4, 0.5) is 0 Å². The van der Waals surface area contributed by atoms with Gasteiger partial charge >= 0.3 is 0 Å². The third-order valence-electron chi connectivity index (χ3n) is 2.31. The Hall–Kier alpha value is -0.610. The summed E-state index contributed by atoms with van der Waals surface area (Å²) < 4.78 is 0. The van der Waals surface area contributed by atoms with Crippen LogP contribution < -0.4 is 5.32 Å². The lowest BCUT2D eigenvalue weighted by atomic mass is 10.2. The summed E-state index contributed by atoms with van der Waals surface area (Å²) in [6.45, 7) is 5.10. The molecule has 76 valence electrons. The molecule has 1 unspecified atom stereocenters. The largest absolute Gasteiger partial charge is 0.395 e. The summed E-state index contributed by atoms with van der Waals surface area (Å²) in [7, 11) is 0. The maximum atomic E-state index is 11.2. The van der Waals surface area contributed by atoms with E-state index in [1.165, 1.54) is 6.42 Å². The number of hydrogen-bond donors (Lipinski definition) is 2. The number of hydrogen-bond acceptors (Lipinski definition) is 3. The van der Waals surface area contributed by atoms with Gasteiger partial charge in [0.15, 0.2) is 0 Å². The monoisotopic (exact) mass is 186 g/mol. The molecule has 1 atom stereocenters. The van der Waals surface area contributed by atoms with E-state index in [9.17, 15) is 4.79 Å². The van der Waals surface area contributed by atoms with E-state index in [1.807, 2.05) is 0 Å². The first-order valence-electron chi connectivity index (χ1n) is 4.82. The van der Waals surface area contributed by atoms with E-state index < -0.39 is 0 Å². The summed E-state index contributed by atoms with van der Waals surface area (Å²) in [6.07, 6.45) is 1.19. The molecular weight excluding hydrogens is 168 g/mol. The van der Waals surface area contributed by atoms with Crippen LogP contribution in [-0.2, 0) is 4.79 Å². The zero-order valence-electron chi connectivity index (χ0n) is 8.12. The van der Waals surface area contributed by atoms with E-state index in [2.05, 4.69) is 17.1 Å². The quantitative estimate of drug-likeness (QED) is 0.618. The summed E-state index contributed by atoms with van der Waals surface area (Å²) in [5, 5.41) is 11.1. The molecule has 0 saturated carbocycles. The minimum absolute atomic E-state index is 0.0160. The smallest absolute Gasteiger partial charge is 0.234 e. The molecule has 4 heteroatoms. The number of carbonyl (C=O) groups excluding carboxylic acids is 1. The van der Waals surface area contributed by atoms with Crippen molar-refractivity contribution >= 4 is 5.91 Å². The molecule has 0 aromatic rings. The second kappa shape index (κ2) is 5.19. The molecule has 1 heterocycles. The predicted octanol–water partition coefficient (Wildman–Crippen LogP) is -0.563. The first-order chi connectivity index (χ1) is 6.22. The molecule has 1 saturated heterocycles. The number of aliphatic hydroxyl groups is 1. The van der Waals surface area contributed by atoms with E-state index in [4.69, 9.17) is 5.11 Å². The predicted molar refractivity (Wildman–Crippen MR) is 50.3 cm³/mol. The average molecular weight is 186 g/mol. The fraction of sp³-hybridized carbons (Fsp3) is 0.889. The molecule has 4 nitrogen and oxygen atoms in total. The summed E-state index contributed by atoms with van der Waals surface area (Å²) in [6, 6.07) is 0. The van der Waals surface area contributed by atoms with Crippen molar-refractivity contribution in [2.24, 2.45) is 5.92 Å². The molecule has 1 amide bonds. The van der Waals surface area contributed by atoms with Gasteiger partial charge in [0.05, 0.1) is 13.2 Å². The first-order valence-corrected chi connectivity index (χ1v) is 4.82. The Labute approximate surface area is 78.9 Å². The van der Waals surface area contributed by atoms with Gasteiger partial charge in [0.25, 0.3) is 0 Å². The minimum atomic E-state index is 0.0160. The van der Waals surface area contributed by atoms with Gasteiger partial charge in [-0.2, -0.15) is 0 Å². The number of nitrogens with one attached hydrogen (secondary N) is 1. The van der Waals surface area contributed by atoms with Gasteiger partial charge in [0.2, 0.25) is 5.91 Å². The highest BCUT2D eigenvalue weighted by Crippen LogP contribution is 2.13. The van der Waals surface area contributed by atoms with Crippen molar-refractivity contribution in [3.63, 3.8) is 0 Å². The highest BCUT2D eigenvalue weighted by Gasteiger charge is 2.20. The lowest BCUT2D eigenvalue weighted by Gasteiger charge is -2.14. The molecule has 0 spiro atoms. The van der Waals surface area contributed by atoms with Crippen molar-refractivity contribution in [2.75, 3.05) is 32.8 Å². The molecule has 0 aliphatic carbocycles. The van der Waals surface area contributed by atoms with Crippen molar-refractivity contribution in [1.82, 2.24) is 10.2 Å². The third-order valence-corrected chi connectivity index (χ3v) is 2.31. The molecule has 0 bridgehead atoms. The van der Waals surface area contributed by atoms with Gasteiger partial charge < -0.3 is 10.4 Å². The van der Waals surface area contributed by atoms with Gasteiger partial charge in [-0.15, -0.1) is 0 Å². The molecule has 0 radical (unpaired) electrons. The normalized spacial score (nSPS) is 23.4. The Morgan fingerprint density at radius 1 is 1.69 bits per heavy atom. The summed E-state index contributed by atoms with van der Waals surface area (Å²) in [5.41, 5.74) is 0. The standard InChI is InChI=1S/C9H18N2O2/c1-8-2-4-11(6-8)7-9(13)10-3-5-12/h8,12H,2-7H2,1H3,(H,10,13). The van der Waals surface area contributed by atoms with Crippen molar-refractivity contribution in [3.8, 4) is 0 Å². The number of likely N-dealkylation sites (tertiary alicyclic amines) is 1. The molecular formula is C9H18N2O2. The molecule has 13 heavy (non-hydrogen) atoms. The molecule has 1 rings (SSSR count). The fourth-order valence-electron chi connectivity index (χ4n) is 1.62. The van der Waals surface area contributed by atoms with Crippen LogP contribution in [0, 0.1) is 5.92 Å². The molecule has 0 aromatic heterocycles. The van der Waals surface area contributed by atoms with Crippen LogP contribution in [0.1, 0.15) is 13.3 Å². The van der Waals surface area contributed by atoms with E-state index >= 15 is 0 Å². The molecule has 2 N–H and O–H groups in total. The SMILES string of the molecule is CC1CCN(CC(=O)NCCO)C1. The van der Waals surface area contributed by atoms with Crippen molar-refractivity contribution in [3.05, 3.63) is 0 Å². The molecule has 1 aliphatic heterocycles. The number of amides is 1. The molecule has 0 aromatic carbocycles. The van der Waals surface area contributed by atoms with E-state index in [-0.39, 0.29) is 12.5 Å². The lowest BCUT2D eigenvalue weighted by molar-refractivity contribution is -0.122. The maximum Gasteiger partial charge on any atom is 0.234 e. The third kappa shape index (κ3) is 3.74. The lowest BCUT2D eigenvalue weighted by Crippen LogP contribution is -2.37. The van der Waals surface area contributed by atoms with Crippen LogP contribution >= 0.6 is 0 Å². The van der Waals surface area contributed by atoms with Gasteiger partial charge in [-0.25, -0.2) is 0 Å². The second-order valence-corrected chi connectivity index (χ2v) is 3.70. The van der Waals surface area contributed by atoms with Crippen LogP contribution in [0.15, 0.2) is 0 Å². The second-order valence-electron chi connectivity index (χ2n) is 3.70. The van der Waals surface area contributed by atoms with E-state index in [0.29, 0.717) is 19.0 Å². The van der Waals surface area contributed by atoms with Crippen LogP contribution in [0.3, 0.4) is 0 Å². The minimum Gasteiger partial charge on any atom is -0.395 e. The molecule has 1 aliphatic rings. The maximum absolute atomic E-state index is 11.2. The number of aliphatic hydroxyl groups excluding tert-OH is 1. The Balaban J connectivity index is 2.13. The van der Waals surface area contributed by atoms with Crippen LogP contribution in [0.5, 0.6) is 0 Å². The van der Waals surface area contributed by atoms with Gasteiger partial charge in [-0.3, -0.25) is 9.69 Å². The van der Waals surface area contributed by atoms with Gasteiger partial charge in [0, 0.05) is 13.1 Å². The number of nitrogens with zero attached hydrogens (tertiary/aromatic N) is 1. The van der Waals surface area contributed by atoms with E-state index in [0.717, 1.165) is 13.1 Å². The summed E-state index contributed by atoms with van der Waals surface area (Å²) in [5.74, 6) is 0.730. The van der Waals surface area contributed by atoms with Crippen LogP contribution in [0.2, 0.25) is 0 Å². The van der Waals surface area contributed by atoms with Crippen molar-refractivity contribution < 1.29 is 9.90 Å². The summed E-state index contributed by atoms with van der Waals surface area (Å²) >= 11 is 0.